The van der Waals surface area contributed by atoms with E-state index in [1.54, 1.807) is 23.1 Å². The van der Waals surface area contributed by atoms with Gasteiger partial charge in [-0.1, -0.05) is 12.1 Å². The molecule has 1 amide bonds. The van der Waals surface area contributed by atoms with E-state index in [0.29, 0.717) is 13.0 Å². The first-order valence-corrected chi connectivity index (χ1v) is 11.5. The molecule has 0 unspecified atom stereocenters. The molecule has 1 heterocycles. The largest absolute Gasteiger partial charge is 0.491 e. The van der Waals surface area contributed by atoms with Crippen LogP contribution in [0.5, 0.6) is 5.75 Å². The van der Waals surface area contributed by atoms with Crippen molar-refractivity contribution >= 4 is 21.6 Å². The summed E-state index contributed by atoms with van der Waals surface area (Å²) in [6, 6.07) is 12.4. The average molecular weight is 415 g/mol. The third-order valence-electron chi connectivity index (χ3n) is 5.21. The van der Waals surface area contributed by atoms with Crippen molar-refractivity contribution in [2.75, 3.05) is 11.4 Å². The summed E-state index contributed by atoms with van der Waals surface area (Å²) in [6.07, 6.45) is 2.71. The van der Waals surface area contributed by atoms with E-state index in [4.69, 9.17) is 4.74 Å². The van der Waals surface area contributed by atoms with Crippen LogP contribution in [0.3, 0.4) is 0 Å². The first-order chi connectivity index (χ1) is 13.8. The number of nitrogens with zero attached hydrogens (tertiary/aromatic N) is 1. The molecular weight excluding hydrogens is 388 g/mol. The van der Waals surface area contributed by atoms with Gasteiger partial charge in [0.15, 0.2) is 0 Å². The van der Waals surface area contributed by atoms with E-state index in [2.05, 4.69) is 4.72 Å². The summed E-state index contributed by atoms with van der Waals surface area (Å²) < 4.78 is 33.7. The molecule has 1 saturated carbocycles. The molecule has 2 aliphatic rings. The second-order valence-corrected chi connectivity index (χ2v) is 9.71. The molecule has 1 aliphatic carbocycles. The van der Waals surface area contributed by atoms with E-state index >= 15 is 0 Å². The summed E-state index contributed by atoms with van der Waals surface area (Å²) in [5.74, 6) is 1.08. The Balaban J connectivity index is 1.43. The maximum absolute atomic E-state index is 12.7. The number of hydrogen-bond donors (Lipinski definition) is 1. The maximum Gasteiger partial charge on any atom is 0.240 e. The van der Waals surface area contributed by atoms with Gasteiger partial charge in [0, 0.05) is 24.7 Å². The Labute approximate surface area is 171 Å². The van der Waals surface area contributed by atoms with Crippen LogP contribution in [-0.4, -0.2) is 27.0 Å². The van der Waals surface area contributed by atoms with E-state index in [1.165, 1.54) is 0 Å². The van der Waals surface area contributed by atoms with Gasteiger partial charge in [0.2, 0.25) is 15.9 Å². The molecular formula is C22H26N2O4S. The Kier molecular flexibility index (Phi) is 5.36. The van der Waals surface area contributed by atoms with E-state index in [-0.39, 0.29) is 29.4 Å². The molecule has 0 bridgehead atoms. The monoisotopic (exact) mass is 414 g/mol. The molecule has 0 atom stereocenters. The van der Waals surface area contributed by atoms with Gasteiger partial charge in [-0.2, -0.15) is 0 Å². The highest BCUT2D eigenvalue weighted by molar-refractivity contribution is 7.89. The lowest BCUT2D eigenvalue weighted by Gasteiger charge is -2.17. The predicted octanol–water partition coefficient (Wildman–Crippen LogP) is 3.25. The van der Waals surface area contributed by atoms with Gasteiger partial charge in [-0.25, -0.2) is 13.1 Å². The summed E-state index contributed by atoms with van der Waals surface area (Å²) in [5, 5.41) is 0. The van der Waals surface area contributed by atoms with Crippen LogP contribution in [0.15, 0.2) is 47.4 Å². The molecule has 0 radical (unpaired) electrons. The van der Waals surface area contributed by atoms with Crippen LogP contribution in [0, 0.1) is 5.92 Å². The zero-order valence-corrected chi connectivity index (χ0v) is 17.5. The molecule has 154 valence electrons. The van der Waals surface area contributed by atoms with Crippen LogP contribution in [0.1, 0.15) is 37.8 Å². The van der Waals surface area contributed by atoms with Crippen molar-refractivity contribution in [1.82, 2.24) is 4.72 Å². The fourth-order valence-corrected chi connectivity index (χ4v) is 4.61. The number of carbonyl (C=O) groups is 1. The number of rotatable bonds is 7. The first-order valence-electron chi connectivity index (χ1n) is 10.0. The lowest BCUT2D eigenvalue weighted by molar-refractivity contribution is -0.119. The van der Waals surface area contributed by atoms with Gasteiger partial charge in [0.05, 0.1) is 11.0 Å². The smallest absolute Gasteiger partial charge is 0.240 e. The number of fused-ring (bicyclic) bond motifs is 1. The van der Waals surface area contributed by atoms with Crippen molar-refractivity contribution in [3.63, 3.8) is 0 Å². The number of amides is 1. The zero-order valence-electron chi connectivity index (χ0n) is 16.7. The fourth-order valence-electron chi connectivity index (χ4n) is 3.54. The number of ether oxygens (including phenoxy) is 1. The minimum Gasteiger partial charge on any atom is -0.491 e. The van der Waals surface area contributed by atoms with Crippen LogP contribution in [0.25, 0.3) is 0 Å². The van der Waals surface area contributed by atoms with E-state index in [0.717, 1.165) is 35.4 Å². The van der Waals surface area contributed by atoms with Crippen molar-refractivity contribution < 1.29 is 17.9 Å². The number of sulfonamides is 1. The molecule has 2 aromatic rings. The number of anilines is 1. The van der Waals surface area contributed by atoms with Gasteiger partial charge in [-0.15, -0.1) is 0 Å². The van der Waals surface area contributed by atoms with Crippen molar-refractivity contribution in [2.45, 2.75) is 50.7 Å². The van der Waals surface area contributed by atoms with Crippen LogP contribution in [0.4, 0.5) is 5.69 Å². The van der Waals surface area contributed by atoms with E-state index in [1.807, 2.05) is 38.1 Å². The fraction of sp³-hybridized carbons (Fsp3) is 0.409. The molecule has 7 heteroatoms. The van der Waals surface area contributed by atoms with E-state index < -0.39 is 10.0 Å². The third-order valence-corrected chi connectivity index (χ3v) is 6.61. The second-order valence-electron chi connectivity index (χ2n) is 7.94. The SMILES string of the molecule is CC(C)Oc1ccc(CNS(=O)(=O)c2ccc3c(c2)CCN3C(=O)C2CC2)cc1. The molecule has 4 rings (SSSR count). The summed E-state index contributed by atoms with van der Waals surface area (Å²) >= 11 is 0. The Morgan fingerprint density at radius 3 is 2.55 bits per heavy atom. The molecule has 29 heavy (non-hydrogen) atoms. The Hall–Kier alpha value is -2.38. The summed E-state index contributed by atoms with van der Waals surface area (Å²) in [4.78, 5) is 14.4. The minimum absolute atomic E-state index is 0.0923. The minimum atomic E-state index is -3.64. The molecule has 2 aromatic carbocycles. The maximum atomic E-state index is 12.7. The quantitative estimate of drug-likeness (QED) is 0.755. The van der Waals surface area contributed by atoms with Gasteiger partial charge in [0.25, 0.3) is 0 Å². The highest BCUT2D eigenvalue weighted by Gasteiger charge is 2.36. The Bertz CT molecular complexity index is 1010. The van der Waals surface area contributed by atoms with Gasteiger partial charge < -0.3 is 9.64 Å². The van der Waals surface area contributed by atoms with Gasteiger partial charge in [0.1, 0.15) is 5.75 Å². The molecule has 6 nitrogen and oxygen atoms in total. The van der Waals surface area contributed by atoms with Crippen molar-refractivity contribution in [3.8, 4) is 5.75 Å². The summed E-state index contributed by atoms with van der Waals surface area (Å²) in [6.45, 7) is 4.75. The topological polar surface area (TPSA) is 75.7 Å². The molecule has 1 N–H and O–H groups in total. The number of benzene rings is 2. The number of hydrogen-bond acceptors (Lipinski definition) is 4. The van der Waals surface area contributed by atoms with Crippen LogP contribution < -0.4 is 14.4 Å². The summed E-state index contributed by atoms with van der Waals surface area (Å²) in [7, 11) is -3.64. The Morgan fingerprint density at radius 1 is 1.17 bits per heavy atom. The molecule has 0 aromatic heterocycles. The standard InChI is InChI=1S/C22H26N2O4S/c1-15(2)28-19-7-3-16(4-8-19)14-23-29(26,27)20-9-10-21-18(13-20)11-12-24(21)22(25)17-5-6-17/h3-4,7-10,13,15,17,23H,5-6,11-12,14H2,1-2H3. The van der Waals surface area contributed by atoms with Gasteiger partial charge >= 0.3 is 0 Å². The average Bonchev–Trinajstić information content (AvgIpc) is 3.45. The molecule has 0 spiro atoms. The molecule has 0 saturated heterocycles. The van der Waals surface area contributed by atoms with Crippen molar-refractivity contribution in [3.05, 3.63) is 53.6 Å². The highest BCUT2D eigenvalue weighted by Crippen LogP contribution is 2.37. The predicted molar refractivity (Wildman–Crippen MR) is 111 cm³/mol. The zero-order chi connectivity index (χ0) is 20.6. The lowest BCUT2D eigenvalue weighted by atomic mass is 10.2. The molecule has 1 aliphatic heterocycles. The normalized spacial score (nSPS) is 16.2. The Morgan fingerprint density at radius 2 is 1.90 bits per heavy atom. The lowest BCUT2D eigenvalue weighted by Crippen LogP contribution is -2.30. The number of nitrogens with one attached hydrogen (secondary N) is 1. The highest BCUT2D eigenvalue weighted by atomic mass is 32.2. The van der Waals surface area contributed by atoms with Gasteiger partial charge in [-0.05, 0) is 74.6 Å². The third kappa shape index (κ3) is 4.46. The van der Waals surface area contributed by atoms with E-state index in [9.17, 15) is 13.2 Å². The summed E-state index contributed by atoms with van der Waals surface area (Å²) in [5.41, 5.74) is 2.62. The number of carbonyl (C=O) groups excluding carboxylic acids is 1. The van der Waals surface area contributed by atoms with Crippen molar-refractivity contribution in [2.24, 2.45) is 5.92 Å². The van der Waals surface area contributed by atoms with Crippen LogP contribution >= 0.6 is 0 Å². The van der Waals surface area contributed by atoms with Crippen LogP contribution in [0.2, 0.25) is 0 Å². The first kappa shape index (κ1) is 19.9. The molecule has 1 fully saturated rings. The second kappa shape index (κ2) is 7.80. The van der Waals surface area contributed by atoms with Crippen molar-refractivity contribution in [1.29, 1.82) is 0 Å². The van der Waals surface area contributed by atoms with Gasteiger partial charge in [-0.3, -0.25) is 4.79 Å². The van der Waals surface area contributed by atoms with Crippen LogP contribution in [-0.2, 0) is 27.8 Å².